The van der Waals surface area contributed by atoms with Gasteiger partial charge < -0.3 is 5.73 Å². The molecule has 0 unspecified atom stereocenters. The van der Waals surface area contributed by atoms with Gasteiger partial charge in [0.15, 0.2) is 0 Å². The molecular weight excluding hydrogens is 355 g/mol. The van der Waals surface area contributed by atoms with E-state index in [1.54, 1.807) is 25.1 Å². The normalized spacial score (nSPS) is 11.4. The highest BCUT2D eigenvalue weighted by Crippen LogP contribution is 2.34. The zero-order valence-electron chi connectivity index (χ0n) is 10.8. The number of hydrogen-bond donors (Lipinski definition) is 2. The van der Waals surface area contributed by atoms with Crippen molar-refractivity contribution in [3.05, 3.63) is 51.0 Å². The van der Waals surface area contributed by atoms with E-state index in [0.29, 0.717) is 16.3 Å². The number of benzene rings is 2. The van der Waals surface area contributed by atoms with Crippen LogP contribution in [0.5, 0.6) is 0 Å². The summed E-state index contributed by atoms with van der Waals surface area (Å²) in [6, 6.07) is 7.55. The van der Waals surface area contributed by atoms with Crippen molar-refractivity contribution in [2.75, 3.05) is 10.5 Å². The van der Waals surface area contributed by atoms with E-state index >= 15 is 0 Å². The van der Waals surface area contributed by atoms with Crippen molar-refractivity contribution in [1.29, 1.82) is 0 Å². The van der Waals surface area contributed by atoms with Crippen LogP contribution in [0.4, 0.5) is 11.4 Å². The van der Waals surface area contributed by atoms with Crippen molar-refractivity contribution in [3.8, 4) is 0 Å². The lowest BCUT2D eigenvalue weighted by molar-refractivity contribution is 0.601. The summed E-state index contributed by atoms with van der Waals surface area (Å²) >= 11 is 17.9. The van der Waals surface area contributed by atoms with Gasteiger partial charge in [0.25, 0.3) is 10.0 Å². The van der Waals surface area contributed by atoms with Crippen LogP contribution in [0.15, 0.2) is 35.2 Å². The maximum Gasteiger partial charge on any atom is 0.264 e. The van der Waals surface area contributed by atoms with Crippen LogP contribution in [-0.2, 0) is 10.0 Å². The lowest BCUT2D eigenvalue weighted by Crippen LogP contribution is -2.15. The van der Waals surface area contributed by atoms with Crippen molar-refractivity contribution >= 4 is 56.2 Å². The van der Waals surface area contributed by atoms with E-state index in [4.69, 9.17) is 40.5 Å². The Morgan fingerprint density at radius 2 is 1.62 bits per heavy atom. The third-order valence-corrected chi connectivity index (χ3v) is 5.50. The Kier molecular flexibility index (Phi) is 4.58. The first-order valence-corrected chi connectivity index (χ1v) is 8.36. The molecule has 0 aliphatic carbocycles. The second kappa shape index (κ2) is 5.93. The van der Waals surface area contributed by atoms with Crippen molar-refractivity contribution in [1.82, 2.24) is 0 Å². The van der Waals surface area contributed by atoms with Crippen molar-refractivity contribution in [2.24, 2.45) is 0 Å². The van der Waals surface area contributed by atoms with Gasteiger partial charge in [0.05, 0.1) is 15.7 Å². The molecule has 0 heterocycles. The number of hydrogen-bond acceptors (Lipinski definition) is 3. The number of nitrogen functional groups attached to an aromatic ring is 1. The second-order valence-electron chi connectivity index (χ2n) is 4.33. The first kappa shape index (κ1) is 16.2. The lowest BCUT2D eigenvalue weighted by Gasteiger charge is -2.14. The Morgan fingerprint density at radius 1 is 1.05 bits per heavy atom. The van der Waals surface area contributed by atoms with Crippen molar-refractivity contribution < 1.29 is 8.42 Å². The van der Waals surface area contributed by atoms with E-state index in [1.165, 1.54) is 12.1 Å². The fourth-order valence-electron chi connectivity index (χ4n) is 1.75. The summed E-state index contributed by atoms with van der Waals surface area (Å²) in [5.74, 6) is 0. The first-order valence-electron chi connectivity index (χ1n) is 5.75. The number of nitrogens with two attached hydrogens (primary N) is 1. The van der Waals surface area contributed by atoms with Gasteiger partial charge in [0.1, 0.15) is 4.90 Å². The molecule has 2 aromatic rings. The van der Waals surface area contributed by atoms with Crippen molar-refractivity contribution in [2.45, 2.75) is 11.8 Å². The molecule has 0 saturated carbocycles. The molecule has 0 radical (unpaired) electrons. The molecule has 0 aliphatic rings. The van der Waals surface area contributed by atoms with Gasteiger partial charge in [-0.1, -0.05) is 40.9 Å². The molecule has 0 bridgehead atoms. The van der Waals surface area contributed by atoms with Gasteiger partial charge in [-0.2, -0.15) is 0 Å². The first-order chi connectivity index (χ1) is 9.72. The van der Waals surface area contributed by atoms with Crippen LogP contribution in [0, 0.1) is 6.92 Å². The van der Waals surface area contributed by atoms with Gasteiger partial charge in [-0.3, -0.25) is 4.72 Å². The molecule has 8 heteroatoms. The largest absolute Gasteiger partial charge is 0.399 e. The summed E-state index contributed by atoms with van der Waals surface area (Å²) < 4.78 is 27.3. The van der Waals surface area contributed by atoms with Crippen LogP contribution in [0.2, 0.25) is 15.1 Å². The fourth-order valence-corrected chi connectivity index (χ4v) is 4.28. The summed E-state index contributed by atoms with van der Waals surface area (Å²) in [5.41, 5.74) is 6.80. The highest BCUT2D eigenvalue weighted by molar-refractivity contribution is 7.93. The van der Waals surface area contributed by atoms with Crippen LogP contribution in [0.1, 0.15) is 5.56 Å². The van der Waals surface area contributed by atoms with E-state index < -0.39 is 10.0 Å². The number of rotatable bonds is 3. The van der Waals surface area contributed by atoms with Crippen LogP contribution in [-0.4, -0.2) is 8.42 Å². The highest BCUT2D eigenvalue weighted by Gasteiger charge is 2.23. The summed E-state index contributed by atoms with van der Waals surface area (Å²) in [7, 11) is -3.96. The molecule has 2 rings (SSSR count). The Labute approximate surface area is 137 Å². The van der Waals surface area contributed by atoms with Crippen LogP contribution >= 0.6 is 34.8 Å². The molecular formula is C13H11Cl3N2O2S. The van der Waals surface area contributed by atoms with E-state index in [0.717, 1.165) is 0 Å². The summed E-state index contributed by atoms with van der Waals surface area (Å²) in [5, 5.41) is 0.351. The number of sulfonamides is 1. The standard InChI is InChI=1S/C13H11Cl3N2O2S/c1-7-9(14)3-2-4-12(7)18-21(19,20)13-10(15)5-8(17)6-11(13)16/h2-6,18H,17H2,1H3. The maximum absolute atomic E-state index is 12.5. The number of halogens is 3. The Balaban J connectivity index is 2.51. The topological polar surface area (TPSA) is 72.2 Å². The van der Waals surface area contributed by atoms with E-state index in [9.17, 15) is 8.42 Å². The minimum atomic E-state index is -3.96. The van der Waals surface area contributed by atoms with Gasteiger partial charge in [-0.15, -0.1) is 0 Å². The molecule has 0 fully saturated rings. The van der Waals surface area contributed by atoms with Gasteiger partial charge in [0.2, 0.25) is 0 Å². The van der Waals surface area contributed by atoms with E-state index in [2.05, 4.69) is 4.72 Å². The van der Waals surface area contributed by atoms with Gasteiger partial charge >= 0.3 is 0 Å². The summed E-state index contributed by atoms with van der Waals surface area (Å²) in [6.45, 7) is 1.70. The molecule has 0 amide bonds. The Bertz CT molecular complexity index is 784. The molecule has 3 N–H and O–H groups in total. The average Bonchev–Trinajstić information content (AvgIpc) is 2.33. The molecule has 0 spiro atoms. The highest BCUT2D eigenvalue weighted by atomic mass is 35.5. The van der Waals surface area contributed by atoms with Gasteiger partial charge in [-0.05, 0) is 36.8 Å². The maximum atomic E-state index is 12.5. The predicted molar refractivity (Wildman–Crippen MR) is 87.9 cm³/mol. The molecule has 0 atom stereocenters. The van der Waals surface area contributed by atoms with Crippen molar-refractivity contribution in [3.63, 3.8) is 0 Å². The minimum Gasteiger partial charge on any atom is -0.399 e. The zero-order chi connectivity index (χ0) is 15.8. The molecule has 2 aromatic carbocycles. The Hall–Kier alpha value is -1.14. The second-order valence-corrected chi connectivity index (χ2v) is 7.17. The van der Waals surface area contributed by atoms with E-state index in [1.807, 2.05) is 0 Å². The average molecular weight is 366 g/mol. The number of nitrogens with one attached hydrogen (secondary N) is 1. The van der Waals surface area contributed by atoms with Crippen LogP contribution in [0.25, 0.3) is 0 Å². The van der Waals surface area contributed by atoms with Crippen LogP contribution < -0.4 is 10.5 Å². The van der Waals surface area contributed by atoms with Gasteiger partial charge in [-0.25, -0.2) is 8.42 Å². The van der Waals surface area contributed by atoms with Crippen LogP contribution in [0.3, 0.4) is 0 Å². The minimum absolute atomic E-state index is 0.0489. The summed E-state index contributed by atoms with van der Waals surface area (Å²) in [6.07, 6.45) is 0. The lowest BCUT2D eigenvalue weighted by atomic mass is 10.2. The third kappa shape index (κ3) is 3.37. The monoisotopic (exact) mass is 364 g/mol. The molecule has 4 nitrogen and oxygen atoms in total. The zero-order valence-corrected chi connectivity index (χ0v) is 13.9. The quantitative estimate of drug-likeness (QED) is 0.795. The number of anilines is 2. The molecule has 0 aliphatic heterocycles. The van der Waals surface area contributed by atoms with E-state index in [-0.39, 0.29) is 20.6 Å². The molecule has 0 aromatic heterocycles. The fraction of sp³-hybridized carbons (Fsp3) is 0.0769. The Morgan fingerprint density at radius 3 is 2.19 bits per heavy atom. The molecule has 21 heavy (non-hydrogen) atoms. The summed E-state index contributed by atoms with van der Waals surface area (Å²) in [4.78, 5) is -0.223. The van der Waals surface area contributed by atoms with Gasteiger partial charge in [0, 0.05) is 10.7 Å². The predicted octanol–water partition coefficient (Wildman–Crippen LogP) is 4.34. The SMILES string of the molecule is Cc1c(Cl)cccc1NS(=O)(=O)c1c(Cl)cc(N)cc1Cl. The third-order valence-electron chi connectivity index (χ3n) is 2.80. The molecule has 112 valence electrons. The molecule has 0 saturated heterocycles. The smallest absolute Gasteiger partial charge is 0.264 e.